The van der Waals surface area contributed by atoms with Crippen molar-refractivity contribution in [2.75, 3.05) is 10.0 Å². The van der Waals surface area contributed by atoms with E-state index < -0.39 is 28.4 Å². The Morgan fingerprint density at radius 1 is 0.935 bits per heavy atom. The number of alkyl halides is 2. The van der Waals surface area contributed by atoms with Gasteiger partial charge in [-0.05, 0) is 79.2 Å². The lowest BCUT2D eigenvalue weighted by atomic mass is 10.2. The van der Waals surface area contributed by atoms with Crippen LogP contribution in [0.5, 0.6) is 5.75 Å². The number of nitrogens with one attached hydrogen (secondary N) is 2. The third-order valence-corrected chi connectivity index (χ3v) is 5.56. The van der Waals surface area contributed by atoms with Crippen LogP contribution in [-0.4, -0.2) is 20.9 Å². The molecule has 0 aliphatic carbocycles. The van der Waals surface area contributed by atoms with Crippen LogP contribution in [0.15, 0.2) is 71.6 Å². The standard InChI is InChI=1S/C21H17F3N2O4S/c1-13-12-18(10-11-19(13)22)31(28,29)26-16-4-2-14(3-5-16)20(27)25-15-6-8-17(9-7-15)30-21(23)24/h2-12,21,26H,1H3,(H,25,27). The average molecular weight is 450 g/mol. The fraction of sp³-hybridized carbons (Fsp3) is 0.0952. The van der Waals surface area contributed by atoms with Crippen LogP contribution in [0.4, 0.5) is 24.5 Å². The fourth-order valence-electron chi connectivity index (χ4n) is 2.61. The maximum Gasteiger partial charge on any atom is 0.387 e. The van der Waals surface area contributed by atoms with Crippen LogP contribution < -0.4 is 14.8 Å². The monoisotopic (exact) mass is 450 g/mol. The summed E-state index contributed by atoms with van der Waals surface area (Å²) >= 11 is 0. The zero-order valence-electron chi connectivity index (χ0n) is 16.1. The minimum Gasteiger partial charge on any atom is -0.435 e. The number of hydrogen-bond donors (Lipinski definition) is 2. The van der Waals surface area contributed by atoms with Crippen molar-refractivity contribution in [1.29, 1.82) is 0 Å². The second-order valence-corrected chi connectivity index (χ2v) is 8.13. The molecule has 0 aromatic heterocycles. The molecule has 0 heterocycles. The Balaban J connectivity index is 1.66. The molecule has 1 amide bonds. The number of carbonyl (C=O) groups excluding carboxylic acids is 1. The van der Waals surface area contributed by atoms with Crippen LogP contribution >= 0.6 is 0 Å². The van der Waals surface area contributed by atoms with E-state index in [2.05, 4.69) is 14.8 Å². The molecule has 10 heteroatoms. The number of sulfonamides is 1. The Morgan fingerprint density at radius 3 is 2.13 bits per heavy atom. The lowest BCUT2D eigenvalue weighted by Crippen LogP contribution is -2.14. The van der Waals surface area contributed by atoms with Crippen molar-refractivity contribution in [3.63, 3.8) is 0 Å². The molecule has 0 saturated heterocycles. The third kappa shape index (κ3) is 5.76. The van der Waals surface area contributed by atoms with E-state index in [-0.39, 0.29) is 27.5 Å². The lowest BCUT2D eigenvalue weighted by Gasteiger charge is -2.10. The Bertz CT molecular complexity index is 1180. The lowest BCUT2D eigenvalue weighted by molar-refractivity contribution is -0.0498. The summed E-state index contributed by atoms with van der Waals surface area (Å²) in [5.41, 5.74) is 1.02. The van der Waals surface area contributed by atoms with Crippen molar-refractivity contribution in [2.45, 2.75) is 18.4 Å². The van der Waals surface area contributed by atoms with Gasteiger partial charge >= 0.3 is 6.61 Å². The minimum absolute atomic E-state index is 0.0408. The second kappa shape index (κ2) is 9.09. The summed E-state index contributed by atoms with van der Waals surface area (Å²) in [5.74, 6) is -1.03. The van der Waals surface area contributed by atoms with Crippen LogP contribution in [0.3, 0.4) is 0 Å². The van der Waals surface area contributed by atoms with Crippen molar-refractivity contribution in [2.24, 2.45) is 0 Å². The van der Waals surface area contributed by atoms with Crippen molar-refractivity contribution in [3.05, 3.63) is 83.7 Å². The molecule has 0 atom stereocenters. The van der Waals surface area contributed by atoms with Crippen molar-refractivity contribution >= 4 is 27.3 Å². The van der Waals surface area contributed by atoms with Crippen molar-refractivity contribution in [3.8, 4) is 5.75 Å². The van der Waals surface area contributed by atoms with Crippen LogP contribution in [0, 0.1) is 12.7 Å². The maximum absolute atomic E-state index is 13.4. The number of halogens is 3. The molecule has 0 aliphatic rings. The minimum atomic E-state index is -3.93. The molecule has 0 spiro atoms. The molecular weight excluding hydrogens is 433 g/mol. The molecule has 31 heavy (non-hydrogen) atoms. The molecule has 0 aliphatic heterocycles. The van der Waals surface area contributed by atoms with Gasteiger partial charge in [0.1, 0.15) is 11.6 Å². The van der Waals surface area contributed by atoms with E-state index in [1.807, 2.05) is 0 Å². The molecule has 0 radical (unpaired) electrons. The van der Waals surface area contributed by atoms with E-state index in [1.165, 1.54) is 61.5 Å². The van der Waals surface area contributed by atoms with E-state index in [0.717, 1.165) is 12.1 Å². The topological polar surface area (TPSA) is 84.5 Å². The van der Waals surface area contributed by atoms with Gasteiger partial charge in [0.05, 0.1) is 4.90 Å². The second-order valence-electron chi connectivity index (χ2n) is 6.45. The van der Waals surface area contributed by atoms with E-state index in [1.54, 1.807) is 0 Å². The number of aryl methyl sites for hydroxylation is 1. The summed E-state index contributed by atoms with van der Waals surface area (Å²) in [5, 5.41) is 2.59. The van der Waals surface area contributed by atoms with E-state index in [0.29, 0.717) is 5.69 Å². The van der Waals surface area contributed by atoms with Gasteiger partial charge in [-0.15, -0.1) is 0 Å². The van der Waals surface area contributed by atoms with Crippen LogP contribution in [-0.2, 0) is 10.0 Å². The highest BCUT2D eigenvalue weighted by molar-refractivity contribution is 7.92. The Hall–Kier alpha value is -3.53. The first-order valence-electron chi connectivity index (χ1n) is 8.89. The number of carbonyl (C=O) groups is 1. The van der Waals surface area contributed by atoms with Gasteiger partial charge in [-0.3, -0.25) is 9.52 Å². The zero-order chi connectivity index (χ0) is 22.6. The number of anilines is 2. The summed E-state index contributed by atoms with van der Waals surface area (Å²) in [6.07, 6.45) is 0. The van der Waals surface area contributed by atoms with E-state index in [4.69, 9.17) is 0 Å². The van der Waals surface area contributed by atoms with Gasteiger partial charge in [-0.25, -0.2) is 12.8 Å². The molecule has 0 unspecified atom stereocenters. The van der Waals surface area contributed by atoms with E-state index >= 15 is 0 Å². The predicted molar refractivity (Wildman–Crippen MR) is 109 cm³/mol. The summed E-state index contributed by atoms with van der Waals surface area (Å²) in [7, 11) is -3.93. The van der Waals surface area contributed by atoms with Crippen LogP contribution in [0.2, 0.25) is 0 Å². The highest BCUT2D eigenvalue weighted by atomic mass is 32.2. The van der Waals surface area contributed by atoms with Crippen molar-refractivity contribution in [1.82, 2.24) is 0 Å². The van der Waals surface area contributed by atoms with Crippen molar-refractivity contribution < 1.29 is 31.1 Å². The average Bonchev–Trinajstić information content (AvgIpc) is 2.71. The zero-order valence-corrected chi connectivity index (χ0v) is 16.9. The molecule has 2 N–H and O–H groups in total. The molecular formula is C21H17F3N2O4S. The first-order chi connectivity index (χ1) is 14.6. The molecule has 0 bridgehead atoms. The number of ether oxygens (including phenoxy) is 1. The van der Waals surface area contributed by atoms with Crippen LogP contribution in [0.25, 0.3) is 0 Å². The van der Waals surface area contributed by atoms with E-state index in [9.17, 15) is 26.4 Å². The molecule has 3 rings (SSSR count). The fourth-order valence-corrected chi connectivity index (χ4v) is 3.75. The molecule has 6 nitrogen and oxygen atoms in total. The van der Waals surface area contributed by atoms with Gasteiger partial charge in [-0.1, -0.05) is 0 Å². The van der Waals surface area contributed by atoms with Gasteiger partial charge < -0.3 is 10.1 Å². The Morgan fingerprint density at radius 2 is 1.55 bits per heavy atom. The Labute approximate surface area is 176 Å². The first kappa shape index (κ1) is 22.2. The largest absolute Gasteiger partial charge is 0.435 e. The smallest absolute Gasteiger partial charge is 0.387 e. The molecule has 0 saturated carbocycles. The highest BCUT2D eigenvalue weighted by Crippen LogP contribution is 2.21. The third-order valence-electron chi connectivity index (χ3n) is 4.18. The summed E-state index contributed by atoms with van der Waals surface area (Å²) in [6.45, 7) is -1.48. The summed E-state index contributed by atoms with van der Waals surface area (Å²) in [4.78, 5) is 12.2. The van der Waals surface area contributed by atoms with Gasteiger partial charge in [0.2, 0.25) is 0 Å². The van der Waals surface area contributed by atoms with Crippen LogP contribution in [0.1, 0.15) is 15.9 Å². The number of amides is 1. The predicted octanol–water partition coefficient (Wildman–Crippen LogP) is 4.79. The normalized spacial score (nSPS) is 11.3. The molecule has 162 valence electrons. The van der Waals surface area contributed by atoms with Gasteiger partial charge in [0.25, 0.3) is 15.9 Å². The quantitative estimate of drug-likeness (QED) is 0.542. The number of benzene rings is 3. The summed E-state index contributed by atoms with van der Waals surface area (Å²) < 4.78 is 69.2. The number of hydrogen-bond acceptors (Lipinski definition) is 4. The SMILES string of the molecule is Cc1cc(S(=O)(=O)Nc2ccc(C(=O)Nc3ccc(OC(F)F)cc3)cc2)ccc1F. The molecule has 3 aromatic carbocycles. The maximum atomic E-state index is 13.4. The van der Waals surface area contributed by atoms with Gasteiger partial charge in [0, 0.05) is 16.9 Å². The molecule has 0 fully saturated rings. The van der Waals surface area contributed by atoms with Gasteiger partial charge in [-0.2, -0.15) is 8.78 Å². The molecule has 3 aromatic rings. The Kier molecular flexibility index (Phi) is 6.50. The summed E-state index contributed by atoms with van der Waals surface area (Å²) in [6, 6.07) is 14.5. The first-order valence-corrected chi connectivity index (χ1v) is 10.4. The van der Waals surface area contributed by atoms with Gasteiger partial charge in [0.15, 0.2) is 0 Å². The number of rotatable bonds is 7. The highest BCUT2D eigenvalue weighted by Gasteiger charge is 2.16.